The molecule has 0 radical (unpaired) electrons. The molecule has 1 aliphatic rings. The van der Waals surface area contributed by atoms with Crippen molar-refractivity contribution in [2.45, 2.75) is 6.54 Å². The SMILES string of the molecule is O=C(O)COc1ccc(Br)cc1C=C1SC(=O)N(Cc2ccccc2)C1=O. The minimum atomic E-state index is -1.10. The van der Waals surface area contributed by atoms with Crippen LogP contribution in [0.1, 0.15) is 11.1 Å². The maximum Gasteiger partial charge on any atom is 0.341 e. The van der Waals surface area contributed by atoms with Gasteiger partial charge >= 0.3 is 5.97 Å². The van der Waals surface area contributed by atoms with Gasteiger partial charge < -0.3 is 9.84 Å². The fourth-order valence-corrected chi connectivity index (χ4v) is 3.65. The van der Waals surface area contributed by atoms with Crippen molar-refractivity contribution in [1.29, 1.82) is 0 Å². The summed E-state index contributed by atoms with van der Waals surface area (Å²) in [6.07, 6.45) is 1.54. The minimum absolute atomic E-state index is 0.198. The zero-order chi connectivity index (χ0) is 19.4. The molecule has 1 heterocycles. The first-order chi connectivity index (χ1) is 12.9. The van der Waals surface area contributed by atoms with Gasteiger partial charge in [-0.3, -0.25) is 14.5 Å². The fourth-order valence-electron chi connectivity index (χ4n) is 2.45. The number of thioether (sulfide) groups is 1. The molecule has 1 saturated heterocycles. The van der Waals surface area contributed by atoms with Crippen molar-refractivity contribution in [2.24, 2.45) is 0 Å². The van der Waals surface area contributed by atoms with Crippen LogP contribution in [0.15, 0.2) is 57.9 Å². The van der Waals surface area contributed by atoms with Crippen LogP contribution in [0.2, 0.25) is 0 Å². The van der Waals surface area contributed by atoms with Crippen molar-refractivity contribution < 1.29 is 24.2 Å². The van der Waals surface area contributed by atoms with Gasteiger partial charge in [0, 0.05) is 10.0 Å². The van der Waals surface area contributed by atoms with Crippen LogP contribution in [0, 0.1) is 0 Å². The highest BCUT2D eigenvalue weighted by Gasteiger charge is 2.35. The zero-order valence-corrected chi connectivity index (χ0v) is 16.3. The van der Waals surface area contributed by atoms with Crippen LogP contribution in [-0.2, 0) is 16.1 Å². The third-order valence-corrected chi connectivity index (χ3v) is 5.07. The molecule has 0 unspecified atom stereocenters. The molecule has 0 spiro atoms. The lowest BCUT2D eigenvalue weighted by Gasteiger charge is -2.12. The van der Waals surface area contributed by atoms with E-state index >= 15 is 0 Å². The average molecular weight is 448 g/mol. The van der Waals surface area contributed by atoms with Gasteiger partial charge in [-0.15, -0.1) is 0 Å². The van der Waals surface area contributed by atoms with Gasteiger partial charge in [-0.2, -0.15) is 0 Å². The quantitative estimate of drug-likeness (QED) is 0.669. The van der Waals surface area contributed by atoms with E-state index in [0.717, 1.165) is 21.8 Å². The Balaban J connectivity index is 1.85. The van der Waals surface area contributed by atoms with E-state index in [1.54, 1.807) is 18.2 Å². The molecule has 2 amide bonds. The van der Waals surface area contributed by atoms with Crippen LogP contribution >= 0.6 is 27.7 Å². The van der Waals surface area contributed by atoms with Gasteiger partial charge in [-0.05, 0) is 41.6 Å². The molecule has 3 rings (SSSR count). The summed E-state index contributed by atoms with van der Waals surface area (Å²) in [5.41, 5.74) is 1.37. The lowest BCUT2D eigenvalue weighted by molar-refractivity contribution is -0.139. The number of carbonyl (C=O) groups is 3. The van der Waals surface area contributed by atoms with Gasteiger partial charge in [0.1, 0.15) is 5.75 Å². The van der Waals surface area contributed by atoms with E-state index in [1.807, 2.05) is 30.3 Å². The van der Waals surface area contributed by atoms with Crippen LogP contribution in [0.4, 0.5) is 4.79 Å². The molecule has 1 fully saturated rings. The molecule has 138 valence electrons. The summed E-state index contributed by atoms with van der Waals surface area (Å²) in [7, 11) is 0. The van der Waals surface area contributed by atoms with Crippen LogP contribution in [0.25, 0.3) is 6.08 Å². The van der Waals surface area contributed by atoms with Crippen molar-refractivity contribution in [3.63, 3.8) is 0 Å². The number of imide groups is 1. The normalized spacial score (nSPS) is 15.4. The summed E-state index contributed by atoms with van der Waals surface area (Å²) in [5.74, 6) is -1.18. The highest BCUT2D eigenvalue weighted by Crippen LogP contribution is 2.35. The first kappa shape index (κ1) is 19.2. The Morgan fingerprint density at radius 1 is 1.19 bits per heavy atom. The number of nitrogens with zero attached hydrogens (tertiary/aromatic N) is 1. The maximum atomic E-state index is 12.7. The number of rotatable bonds is 6. The summed E-state index contributed by atoms with van der Waals surface area (Å²) in [6.45, 7) is -0.304. The summed E-state index contributed by atoms with van der Waals surface area (Å²) >= 11 is 4.18. The highest BCUT2D eigenvalue weighted by molar-refractivity contribution is 9.10. The van der Waals surface area contributed by atoms with Crippen LogP contribution in [-0.4, -0.2) is 33.7 Å². The second-order valence-corrected chi connectivity index (χ2v) is 7.53. The van der Waals surface area contributed by atoms with E-state index in [4.69, 9.17) is 9.84 Å². The zero-order valence-electron chi connectivity index (χ0n) is 13.9. The number of halogens is 1. The fraction of sp³-hybridized carbons (Fsp3) is 0.105. The third kappa shape index (κ3) is 4.78. The number of hydrogen-bond acceptors (Lipinski definition) is 5. The average Bonchev–Trinajstić information content (AvgIpc) is 2.89. The number of benzene rings is 2. The summed E-state index contributed by atoms with van der Waals surface area (Å²) in [4.78, 5) is 37.1. The van der Waals surface area contributed by atoms with Crippen LogP contribution in [0.3, 0.4) is 0 Å². The van der Waals surface area contributed by atoms with Gasteiger partial charge in [0.2, 0.25) is 0 Å². The maximum absolute atomic E-state index is 12.7. The standard InChI is InChI=1S/C19H14BrNO5S/c20-14-6-7-15(26-11-17(22)23)13(8-14)9-16-18(24)21(19(25)27-16)10-12-4-2-1-3-5-12/h1-9H,10-11H2,(H,22,23). The number of hydrogen-bond donors (Lipinski definition) is 1. The van der Waals surface area contributed by atoms with E-state index in [0.29, 0.717) is 11.3 Å². The highest BCUT2D eigenvalue weighted by atomic mass is 79.9. The van der Waals surface area contributed by atoms with E-state index in [1.165, 1.54) is 11.0 Å². The van der Waals surface area contributed by atoms with Crippen molar-refractivity contribution in [3.8, 4) is 5.75 Å². The number of amides is 2. The number of carboxylic acids is 1. The predicted octanol–water partition coefficient (Wildman–Crippen LogP) is 4.15. The first-order valence-electron chi connectivity index (χ1n) is 7.87. The Hall–Kier alpha value is -2.58. The summed E-state index contributed by atoms with van der Waals surface area (Å²) in [5, 5.41) is 8.45. The van der Waals surface area contributed by atoms with E-state index in [2.05, 4.69) is 15.9 Å². The second kappa shape index (κ2) is 8.41. The molecule has 1 N–H and O–H groups in total. The predicted molar refractivity (Wildman–Crippen MR) is 105 cm³/mol. The monoisotopic (exact) mass is 447 g/mol. The Morgan fingerprint density at radius 2 is 1.93 bits per heavy atom. The molecule has 2 aromatic rings. The summed E-state index contributed by atoms with van der Waals surface area (Å²) in [6, 6.07) is 14.3. The Morgan fingerprint density at radius 3 is 2.63 bits per heavy atom. The molecular formula is C19H14BrNO5S. The van der Waals surface area contributed by atoms with Crippen molar-refractivity contribution in [2.75, 3.05) is 6.61 Å². The molecule has 0 bridgehead atoms. The Bertz CT molecular complexity index is 929. The number of ether oxygens (including phenoxy) is 1. The van der Waals surface area contributed by atoms with Crippen molar-refractivity contribution >= 4 is 50.9 Å². The van der Waals surface area contributed by atoms with E-state index in [9.17, 15) is 14.4 Å². The molecule has 0 atom stereocenters. The Labute approximate surface area is 167 Å². The molecular weight excluding hydrogens is 434 g/mol. The summed E-state index contributed by atoms with van der Waals surface area (Å²) < 4.78 is 6.00. The largest absolute Gasteiger partial charge is 0.481 e. The van der Waals surface area contributed by atoms with Crippen LogP contribution in [0.5, 0.6) is 5.75 Å². The second-order valence-electron chi connectivity index (χ2n) is 5.62. The topological polar surface area (TPSA) is 83.9 Å². The van der Waals surface area contributed by atoms with E-state index < -0.39 is 18.5 Å². The molecule has 0 aliphatic carbocycles. The van der Waals surface area contributed by atoms with E-state index in [-0.39, 0.29) is 16.7 Å². The number of aliphatic carboxylic acids is 1. The van der Waals surface area contributed by atoms with Crippen molar-refractivity contribution in [1.82, 2.24) is 4.90 Å². The van der Waals surface area contributed by atoms with Gasteiger partial charge in [0.05, 0.1) is 11.4 Å². The molecule has 0 aromatic heterocycles. The molecule has 8 heteroatoms. The number of carboxylic acid groups (broad SMARTS) is 1. The molecule has 27 heavy (non-hydrogen) atoms. The smallest absolute Gasteiger partial charge is 0.341 e. The first-order valence-corrected chi connectivity index (χ1v) is 9.48. The lowest BCUT2D eigenvalue weighted by Crippen LogP contribution is -2.27. The Kier molecular flexibility index (Phi) is 5.98. The molecule has 2 aromatic carbocycles. The van der Waals surface area contributed by atoms with Gasteiger partial charge in [-0.25, -0.2) is 4.79 Å². The van der Waals surface area contributed by atoms with Gasteiger partial charge in [-0.1, -0.05) is 46.3 Å². The van der Waals surface area contributed by atoms with Crippen molar-refractivity contribution in [3.05, 3.63) is 69.0 Å². The molecule has 1 aliphatic heterocycles. The molecule has 6 nitrogen and oxygen atoms in total. The minimum Gasteiger partial charge on any atom is -0.481 e. The molecule has 0 saturated carbocycles. The van der Waals surface area contributed by atoms with Gasteiger partial charge in [0.25, 0.3) is 11.1 Å². The third-order valence-electron chi connectivity index (χ3n) is 3.67. The van der Waals surface area contributed by atoms with Gasteiger partial charge in [0.15, 0.2) is 6.61 Å². The number of carbonyl (C=O) groups excluding carboxylic acids is 2. The lowest BCUT2D eigenvalue weighted by atomic mass is 10.1. The van der Waals surface area contributed by atoms with Crippen LogP contribution < -0.4 is 4.74 Å².